The van der Waals surface area contributed by atoms with Gasteiger partial charge in [-0.25, -0.2) is 4.98 Å². The summed E-state index contributed by atoms with van der Waals surface area (Å²) in [5, 5.41) is 2.81. The van der Waals surface area contributed by atoms with Crippen molar-refractivity contribution in [1.82, 2.24) is 4.98 Å². The van der Waals surface area contributed by atoms with Crippen LogP contribution in [0.2, 0.25) is 0 Å². The van der Waals surface area contributed by atoms with Crippen molar-refractivity contribution in [3.8, 4) is 23.0 Å². The Morgan fingerprint density at radius 3 is 2.66 bits per heavy atom. The van der Waals surface area contributed by atoms with Gasteiger partial charge in [0.2, 0.25) is 5.89 Å². The average molecular weight is 388 g/mol. The van der Waals surface area contributed by atoms with E-state index in [0.717, 1.165) is 16.9 Å². The average Bonchev–Trinajstić information content (AvgIpc) is 3.17. The van der Waals surface area contributed by atoms with Crippen molar-refractivity contribution in [2.24, 2.45) is 0 Å². The van der Waals surface area contributed by atoms with Crippen LogP contribution in [0.3, 0.4) is 0 Å². The first kappa shape index (κ1) is 18.6. The molecule has 1 aromatic heterocycles. The quantitative estimate of drug-likeness (QED) is 0.512. The predicted octanol–water partition coefficient (Wildman–Crippen LogP) is 4.83. The van der Waals surface area contributed by atoms with Crippen LogP contribution >= 0.6 is 0 Å². The van der Waals surface area contributed by atoms with Gasteiger partial charge in [-0.15, -0.1) is 0 Å². The third kappa shape index (κ3) is 4.38. The third-order valence-electron chi connectivity index (χ3n) is 4.38. The Morgan fingerprint density at radius 1 is 1.03 bits per heavy atom. The lowest BCUT2D eigenvalue weighted by molar-refractivity contribution is -0.118. The minimum Gasteiger partial charge on any atom is -0.497 e. The highest BCUT2D eigenvalue weighted by molar-refractivity contribution is 5.93. The molecule has 4 aromatic rings. The normalized spacial score (nSPS) is 10.7. The number of oxazole rings is 1. The van der Waals surface area contributed by atoms with Crippen LogP contribution in [0.15, 0.2) is 71.1 Å². The van der Waals surface area contributed by atoms with Crippen LogP contribution in [-0.4, -0.2) is 24.6 Å². The van der Waals surface area contributed by atoms with Crippen LogP contribution in [0.5, 0.6) is 11.5 Å². The minimum absolute atomic E-state index is 0.0768. The minimum atomic E-state index is -0.252. The van der Waals surface area contributed by atoms with Crippen molar-refractivity contribution < 1.29 is 18.7 Å². The van der Waals surface area contributed by atoms with Gasteiger partial charge in [-0.3, -0.25) is 4.79 Å². The molecule has 0 saturated carbocycles. The second-order valence-corrected chi connectivity index (χ2v) is 6.58. The molecule has 0 bridgehead atoms. The van der Waals surface area contributed by atoms with E-state index < -0.39 is 0 Å². The van der Waals surface area contributed by atoms with E-state index in [-0.39, 0.29) is 12.5 Å². The van der Waals surface area contributed by atoms with Gasteiger partial charge in [0.05, 0.1) is 7.11 Å². The van der Waals surface area contributed by atoms with E-state index in [2.05, 4.69) is 10.3 Å². The van der Waals surface area contributed by atoms with Gasteiger partial charge in [0, 0.05) is 17.3 Å². The Morgan fingerprint density at radius 2 is 1.86 bits per heavy atom. The zero-order chi connectivity index (χ0) is 20.2. The molecule has 1 amide bonds. The molecular formula is C23H20N2O4. The van der Waals surface area contributed by atoms with E-state index in [4.69, 9.17) is 13.9 Å². The molecule has 0 spiro atoms. The molecule has 3 aromatic carbocycles. The monoisotopic (exact) mass is 388 g/mol. The van der Waals surface area contributed by atoms with Crippen molar-refractivity contribution in [3.05, 3.63) is 72.3 Å². The maximum Gasteiger partial charge on any atom is 0.262 e. The summed E-state index contributed by atoms with van der Waals surface area (Å²) in [6, 6.07) is 20.4. The number of amides is 1. The number of aromatic nitrogens is 1. The molecule has 0 atom stereocenters. The Bertz CT molecular complexity index is 1150. The molecule has 6 nitrogen and oxygen atoms in total. The summed E-state index contributed by atoms with van der Waals surface area (Å²) < 4.78 is 16.6. The van der Waals surface area contributed by atoms with E-state index in [1.807, 2.05) is 55.5 Å². The number of anilines is 1. The summed E-state index contributed by atoms with van der Waals surface area (Å²) in [7, 11) is 1.61. The molecule has 0 unspecified atom stereocenters. The summed E-state index contributed by atoms with van der Waals surface area (Å²) in [6.07, 6.45) is 0. The first-order valence-electron chi connectivity index (χ1n) is 9.15. The van der Waals surface area contributed by atoms with E-state index in [9.17, 15) is 4.79 Å². The van der Waals surface area contributed by atoms with Crippen molar-refractivity contribution in [1.29, 1.82) is 0 Å². The third-order valence-corrected chi connectivity index (χ3v) is 4.38. The second-order valence-electron chi connectivity index (χ2n) is 6.58. The lowest BCUT2D eigenvalue weighted by Gasteiger charge is -2.07. The van der Waals surface area contributed by atoms with Gasteiger partial charge in [-0.05, 0) is 49.4 Å². The molecule has 146 valence electrons. The van der Waals surface area contributed by atoms with Crippen molar-refractivity contribution in [3.63, 3.8) is 0 Å². The van der Waals surface area contributed by atoms with E-state index in [1.165, 1.54) is 0 Å². The van der Waals surface area contributed by atoms with E-state index >= 15 is 0 Å². The summed E-state index contributed by atoms with van der Waals surface area (Å²) in [6.45, 7) is 1.92. The number of nitrogens with one attached hydrogen (secondary N) is 1. The molecule has 0 aliphatic carbocycles. The molecule has 29 heavy (non-hydrogen) atoms. The van der Waals surface area contributed by atoms with Gasteiger partial charge in [0.25, 0.3) is 5.91 Å². The van der Waals surface area contributed by atoms with Gasteiger partial charge in [0.15, 0.2) is 12.2 Å². The Balaban J connectivity index is 1.45. The zero-order valence-electron chi connectivity index (χ0n) is 16.1. The number of nitrogens with zero attached hydrogens (tertiary/aromatic N) is 1. The summed E-state index contributed by atoms with van der Waals surface area (Å²) in [4.78, 5) is 16.7. The molecule has 4 rings (SSSR count). The lowest BCUT2D eigenvalue weighted by atomic mass is 10.2. The number of carbonyl (C=O) groups excluding carboxylic acids is 1. The number of fused-ring (bicyclic) bond motifs is 1. The molecule has 6 heteroatoms. The number of hydrogen-bond acceptors (Lipinski definition) is 5. The van der Waals surface area contributed by atoms with Crippen molar-refractivity contribution in [2.45, 2.75) is 6.92 Å². The highest BCUT2D eigenvalue weighted by atomic mass is 16.5. The number of ether oxygens (including phenoxy) is 2. The summed E-state index contributed by atoms with van der Waals surface area (Å²) >= 11 is 0. The molecule has 1 N–H and O–H groups in total. The van der Waals surface area contributed by atoms with Gasteiger partial charge in [0.1, 0.15) is 17.0 Å². The molecule has 0 radical (unpaired) electrons. The SMILES string of the molecule is COc1cccc(-c2nc3ccc(NC(=O)COc4ccc(C)cc4)cc3o2)c1. The first-order valence-corrected chi connectivity index (χ1v) is 9.15. The number of benzene rings is 3. The van der Waals surface area contributed by atoms with Gasteiger partial charge >= 0.3 is 0 Å². The van der Waals surface area contributed by atoms with E-state index in [1.54, 1.807) is 25.3 Å². The smallest absolute Gasteiger partial charge is 0.262 e. The number of aryl methyl sites for hydroxylation is 1. The van der Waals surface area contributed by atoms with E-state index in [0.29, 0.717) is 28.4 Å². The second kappa shape index (κ2) is 8.06. The first-order chi connectivity index (χ1) is 14.1. The molecule has 0 saturated heterocycles. The molecule has 1 heterocycles. The number of carbonyl (C=O) groups is 1. The highest BCUT2D eigenvalue weighted by Crippen LogP contribution is 2.28. The number of methoxy groups -OCH3 is 1. The molecule has 0 fully saturated rings. The fourth-order valence-electron chi connectivity index (χ4n) is 2.86. The predicted molar refractivity (Wildman–Crippen MR) is 111 cm³/mol. The maximum atomic E-state index is 12.2. The fourth-order valence-corrected chi connectivity index (χ4v) is 2.86. The fraction of sp³-hybridized carbons (Fsp3) is 0.130. The highest BCUT2D eigenvalue weighted by Gasteiger charge is 2.11. The van der Waals surface area contributed by atoms with Crippen LogP contribution in [0.1, 0.15) is 5.56 Å². The van der Waals surface area contributed by atoms with Crippen molar-refractivity contribution >= 4 is 22.7 Å². The molecular weight excluding hydrogens is 368 g/mol. The maximum absolute atomic E-state index is 12.2. The standard InChI is InChI=1S/C23H20N2O4/c1-15-6-9-18(10-7-15)28-14-22(26)24-17-8-11-20-21(13-17)29-23(25-20)16-4-3-5-19(12-16)27-2/h3-13H,14H2,1-2H3,(H,24,26). The summed E-state index contributed by atoms with van der Waals surface area (Å²) in [5.74, 6) is 1.62. The van der Waals surface area contributed by atoms with Crippen molar-refractivity contribution in [2.75, 3.05) is 19.0 Å². The van der Waals surface area contributed by atoms with Gasteiger partial charge in [-0.1, -0.05) is 23.8 Å². The summed E-state index contributed by atoms with van der Waals surface area (Å²) in [5.41, 5.74) is 3.85. The van der Waals surface area contributed by atoms with Crippen LogP contribution in [0.4, 0.5) is 5.69 Å². The Labute approximate surface area is 168 Å². The number of rotatable bonds is 6. The topological polar surface area (TPSA) is 73.6 Å². The van der Waals surface area contributed by atoms with Crippen LogP contribution < -0.4 is 14.8 Å². The lowest BCUT2D eigenvalue weighted by Crippen LogP contribution is -2.20. The Kier molecular flexibility index (Phi) is 5.16. The zero-order valence-corrected chi connectivity index (χ0v) is 16.1. The van der Waals surface area contributed by atoms with Gasteiger partial charge in [-0.2, -0.15) is 0 Å². The molecule has 0 aliphatic rings. The van der Waals surface area contributed by atoms with Gasteiger partial charge < -0.3 is 19.2 Å². The van der Waals surface area contributed by atoms with Crippen LogP contribution in [0.25, 0.3) is 22.6 Å². The largest absolute Gasteiger partial charge is 0.497 e. The molecule has 0 aliphatic heterocycles. The van der Waals surface area contributed by atoms with Crippen LogP contribution in [0, 0.1) is 6.92 Å². The van der Waals surface area contributed by atoms with Crippen LogP contribution in [-0.2, 0) is 4.79 Å². The number of hydrogen-bond donors (Lipinski definition) is 1. The Hall–Kier alpha value is -3.80.